The molecular formula is C19H24ClN3. The molecule has 122 valence electrons. The fraction of sp³-hybridized carbons (Fsp3) is 0.526. The van der Waals surface area contributed by atoms with Crippen molar-refractivity contribution in [1.82, 2.24) is 14.8 Å². The van der Waals surface area contributed by atoms with Crippen LogP contribution in [0.5, 0.6) is 0 Å². The SMILES string of the molecule is Clc1ccc2cccnc2c1CN1CCN(C2CCCC2)CC1. The molecule has 2 aromatic rings. The van der Waals surface area contributed by atoms with Gasteiger partial charge in [-0.3, -0.25) is 14.8 Å². The van der Waals surface area contributed by atoms with Crippen LogP contribution in [0.1, 0.15) is 31.2 Å². The molecule has 2 aliphatic rings. The van der Waals surface area contributed by atoms with E-state index in [-0.39, 0.29) is 0 Å². The van der Waals surface area contributed by atoms with E-state index >= 15 is 0 Å². The van der Waals surface area contributed by atoms with Crippen molar-refractivity contribution in [3.05, 3.63) is 41.0 Å². The first-order valence-corrected chi connectivity index (χ1v) is 9.17. The van der Waals surface area contributed by atoms with Crippen LogP contribution >= 0.6 is 11.6 Å². The number of nitrogens with zero attached hydrogens (tertiary/aromatic N) is 3. The molecule has 0 N–H and O–H groups in total. The molecule has 1 saturated carbocycles. The van der Waals surface area contributed by atoms with Crippen molar-refractivity contribution in [2.24, 2.45) is 0 Å². The topological polar surface area (TPSA) is 19.4 Å². The molecule has 0 spiro atoms. The highest BCUT2D eigenvalue weighted by molar-refractivity contribution is 6.32. The molecule has 1 aromatic carbocycles. The Bertz CT molecular complexity index is 673. The van der Waals surface area contributed by atoms with Gasteiger partial charge in [-0.1, -0.05) is 36.6 Å². The van der Waals surface area contributed by atoms with Crippen molar-refractivity contribution < 1.29 is 0 Å². The maximum Gasteiger partial charge on any atom is 0.0761 e. The average molecular weight is 330 g/mol. The highest BCUT2D eigenvalue weighted by Gasteiger charge is 2.26. The Morgan fingerprint density at radius 3 is 2.61 bits per heavy atom. The van der Waals surface area contributed by atoms with Crippen molar-refractivity contribution in [1.29, 1.82) is 0 Å². The van der Waals surface area contributed by atoms with Crippen LogP contribution in [0, 0.1) is 0 Å². The van der Waals surface area contributed by atoms with Crippen LogP contribution in [0.15, 0.2) is 30.5 Å². The lowest BCUT2D eigenvalue weighted by Crippen LogP contribution is -2.49. The zero-order chi connectivity index (χ0) is 15.6. The third kappa shape index (κ3) is 3.23. The Kier molecular flexibility index (Phi) is 4.52. The molecule has 1 saturated heterocycles. The number of piperazine rings is 1. The summed E-state index contributed by atoms with van der Waals surface area (Å²) in [5.41, 5.74) is 2.23. The third-order valence-electron chi connectivity index (χ3n) is 5.45. The lowest BCUT2D eigenvalue weighted by Gasteiger charge is -2.38. The molecular weight excluding hydrogens is 306 g/mol. The largest absolute Gasteiger partial charge is 0.298 e. The van der Waals surface area contributed by atoms with Crippen LogP contribution in [0.3, 0.4) is 0 Å². The molecule has 0 bridgehead atoms. The second-order valence-electron chi connectivity index (χ2n) is 6.85. The summed E-state index contributed by atoms with van der Waals surface area (Å²) in [7, 11) is 0. The monoisotopic (exact) mass is 329 g/mol. The molecule has 0 atom stereocenters. The van der Waals surface area contributed by atoms with Crippen molar-refractivity contribution >= 4 is 22.5 Å². The molecule has 23 heavy (non-hydrogen) atoms. The molecule has 0 amide bonds. The molecule has 2 heterocycles. The maximum atomic E-state index is 6.48. The lowest BCUT2D eigenvalue weighted by molar-refractivity contribution is 0.0939. The van der Waals surface area contributed by atoms with Crippen LogP contribution in [-0.2, 0) is 6.54 Å². The first kappa shape index (κ1) is 15.4. The van der Waals surface area contributed by atoms with Gasteiger partial charge in [-0.25, -0.2) is 0 Å². The summed E-state index contributed by atoms with van der Waals surface area (Å²) in [6.07, 6.45) is 7.50. The Labute approximate surface area is 143 Å². The van der Waals surface area contributed by atoms with Crippen LogP contribution in [-0.4, -0.2) is 47.0 Å². The number of benzene rings is 1. The van der Waals surface area contributed by atoms with E-state index in [4.69, 9.17) is 11.6 Å². The highest BCUT2D eigenvalue weighted by Crippen LogP contribution is 2.28. The van der Waals surface area contributed by atoms with Gasteiger partial charge in [0.25, 0.3) is 0 Å². The molecule has 0 unspecified atom stereocenters. The molecule has 0 radical (unpaired) electrons. The van der Waals surface area contributed by atoms with Gasteiger partial charge < -0.3 is 0 Å². The van der Waals surface area contributed by atoms with E-state index in [9.17, 15) is 0 Å². The first-order chi connectivity index (χ1) is 11.3. The fourth-order valence-electron chi connectivity index (χ4n) is 4.11. The Balaban J connectivity index is 1.46. The van der Waals surface area contributed by atoms with Gasteiger partial charge in [0.2, 0.25) is 0 Å². The minimum atomic E-state index is 0.842. The second kappa shape index (κ2) is 6.76. The molecule has 4 heteroatoms. The Hall–Kier alpha value is -1.16. The molecule has 3 nitrogen and oxygen atoms in total. The van der Waals surface area contributed by atoms with E-state index in [1.807, 2.05) is 18.3 Å². The zero-order valence-corrected chi connectivity index (χ0v) is 14.3. The number of fused-ring (bicyclic) bond motifs is 1. The quantitative estimate of drug-likeness (QED) is 0.850. The second-order valence-corrected chi connectivity index (χ2v) is 7.26. The van der Waals surface area contributed by atoms with Crippen LogP contribution in [0.2, 0.25) is 5.02 Å². The normalized spacial score (nSPS) is 21.3. The Morgan fingerprint density at radius 1 is 1.04 bits per heavy atom. The summed E-state index contributed by atoms with van der Waals surface area (Å²) in [5.74, 6) is 0. The Morgan fingerprint density at radius 2 is 1.83 bits per heavy atom. The number of aromatic nitrogens is 1. The third-order valence-corrected chi connectivity index (χ3v) is 5.81. The van der Waals surface area contributed by atoms with Crippen molar-refractivity contribution in [2.45, 2.75) is 38.3 Å². The van der Waals surface area contributed by atoms with E-state index in [0.717, 1.165) is 36.2 Å². The molecule has 1 aliphatic carbocycles. The number of rotatable bonds is 3. The predicted octanol–water partition coefficient (Wildman–Crippen LogP) is 3.95. The summed E-state index contributed by atoms with van der Waals surface area (Å²) in [6, 6.07) is 9.02. The maximum absolute atomic E-state index is 6.48. The number of hydrogen-bond acceptors (Lipinski definition) is 3. The number of pyridine rings is 1. The summed E-state index contributed by atoms with van der Waals surface area (Å²) < 4.78 is 0. The van der Waals surface area contributed by atoms with E-state index < -0.39 is 0 Å². The zero-order valence-electron chi connectivity index (χ0n) is 13.5. The fourth-order valence-corrected chi connectivity index (χ4v) is 4.32. The average Bonchev–Trinajstić information content (AvgIpc) is 3.13. The molecule has 1 aliphatic heterocycles. The van der Waals surface area contributed by atoms with Gasteiger partial charge in [0, 0.05) is 60.9 Å². The smallest absolute Gasteiger partial charge is 0.0761 e. The van der Waals surface area contributed by atoms with Crippen molar-refractivity contribution in [3.8, 4) is 0 Å². The van der Waals surface area contributed by atoms with Crippen LogP contribution in [0.25, 0.3) is 10.9 Å². The van der Waals surface area contributed by atoms with Crippen LogP contribution < -0.4 is 0 Å². The van der Waals surface area contributed by atoms with E-state index in [2.05, 4.69) is 26.9 Å². The summed E-state index contributed by atoms with van der Waals surface area (Å²) in [6.45, 7) is 5.57. The molecule has 1 aromatic heterocycles. The van der Waals surface area contributed by atoms with Crippen molar-refractivity contribution in [2.75, 3.05) is 26.2 Å². The van der Waals surface area contributed by atoms with Gasteiger partial charge in [-0.15, -0.1) is 0 Å². The van der Waals surface area contributed by atoms with E-state index in [1.54, 1.807) is 0 Å². The minimum absolute atomic E-state index is 0.842. The predicted molar refractivity (Wildman–Crippen MR) is 95.9 cm³/mol. The van der Waals surface area contributed by atoms with Gasteiger partial charge in [-0.05, 0) is 25.0 Å². The van der Waals surface area contributed by atoms with Gasteiger partial charge in [0.1, 0.15) is 0 Å². The molecule has 2 fully saturated rings. The lowest BCUT2D eigenvalue weighted by atomic mass is 10.1. The van der Waals surface area contributed by atoms with E-state index in [0.29, 0.717) is 0 Å². The van der Waals surface area contributed by atoms with Gasteiger partial charge in [0.05, 0.1) is 5.52 Å². The summed E-state index contributed by atoms with van der Waals surface area (Å²) in [5, 5.41) is 2.02. The van der Waals surface area contributed by atoms with Gasteiger partial charge in [0.15, 0.2) is 0 Å². The minimum Gasteiger partial charge on any atom is -0.298 e. The highest BCUT2D eigenvalue weighted by atomic mass is 35.5. The van der Waals surface area contributed by atoms with Crippen LogP contribution in [0.4, 0.5) is 0 Å². The number of halogens is 1. The molecule has 4 rings (SSSR count). The van der Waals surface area contributed by atoms with Gasteiger partial charge in [-0.2, -0.15) is 0 Å². The standard InChI is InChI=1S/C19H24ClN3/c20-18-8-7-15-4-3-9-21-19(15)17(18)14-22-10-12-23(13-11-22)16-5-1-2-6-16/h3-4,7-9,16H,1-2,5-6,10-14H2. The van der Waals surface area contributed by atoms with E-state index in [1.165, 1.54) is 49.7 Å². The van der Waals surface area contributed by atoms with Crippen molar-refractivity contribution in [3.63, 3.8) is 0 Å². The number of hydrogen-bond donors (Lipinski definition) is 0. The first-order valence-electron chi connectivity index (χ1n) is 8.80. The summed E-state index contributed by atoms with van der Waals surface area (Å²) in [4.78, 5) is 9.79. The van der Waals surface area contributed by atoms with Gasteiger partial charge >= 0.3 is 0 Å². The summed E-state index contributed by atoms with van der Waals surface area (Å²) >= 11 is 6.48.